The molecule has 1 saturated heterocycles. The Balaban J connectivity index is 1.28. The lowest BCUT2D eigenvalue weighted by Gasteiger charge is -2.38. The van der Waals surface area contributed by atoms with Crippen LogP contribution in [-0.4, -0.2) is 52.5 Å². The van der Waals surface area contributed by atoms with Crippen molar-refractivity contribution in [3.63, 3.8) is 0 Å². The van der Waals surface area contributed by atoms with E-state index in [0.717, 1.165) is 38.4 Å². The predicted molar refractivity (Wildman–Crippen MR) is 114 cm³/mol. The van der Waals surface area contributed by atoms with Crippen LogP contribution in [0.15, 0.2) is 30.7 Å². The van der Waals surface area contributed by atoms with Gasteiger partial charge in [0.25, 0.3) is 5.91 Å². The molecular formula is C23H31N5O2. The van der Waals surface area contributed by atoms with Gasteiger partial charge in [-0.3, -0.25) is 9.48 Å². The Morgan fingerprint density at radius 1 is 1.20 bits per heavy atom. The van der Waals surface area contributed by atoms with Crippen LogP contribution in [-0.2, 0) is 11.8 Å². The Morgan fingerprint density at radius 3 is 2.67 bits per heavy atom. The molecule has 0 radical (unpaired) electrons. The SMILES string of the molecule is Cc1ccc(N2C[C@H]3C[C@H](OCC4CC4)[C@@H](NC(=O)c4cnn(C)c4)C[C@H]3C2)nc1. The highest BCUT2D eigenvalue weighted by molar-refractivity contribution is 5.93. The lowest BCUT2D eigenvalue weighted by Crippen LogP contribution is -2.50. The number of aryl methyl sites for hydroxylation is 2. The van der Waals surface area contributed by atoms with Gasteiger partial charge in [0.2, 0.25) is 0 Å². The Hall–Kier alpha value is -2.41. The zero-order valence-electron chi connectivity index (χ0n) is 17.8. The van der Waals surface area contributed by atoms with Crippen LogP contribution in [0.1, 0.15) is 41.6 Å². The third kappa shape index (κ3) is 4.21. The minimum Gasteiger partial charge on any atom is -0.376 e. The van der Waals surface area contributed by atoms with E-state index in [1.54, 1.807) is 17.1 Å². The summed E-state index contributed by atoms with van der Waals surface area (Å²) in [4.78, 5) is 19.8. The number of ether oxygens (including phenoxy) is 1. The number of aromatic nitrogens is 3. The first-order chi connectivity index (χ1) is 14.5. The van der Waals surface area contributed by atoms with Gasteiger partial charge in [-0.05, 0) is 62.0 Å². The fourth-order valence-corrected chi connectivity index (χ4v) is 4.92. The third-order valence-corrected chi connectivity index (χ3v) is 6.86. The molecule has 0 unspecified atom stereocenters. The summed E-state index contributed by atoms with van der Waals surface area (Å²) in [5.41, 5.74) is 1.79. The minimum absolute atomic E-state index is 0.0450. The normalized spacial score (nSPS) is 28.4. The van der Waals surface area contributed by atoms with Gasteiger partial charge >= 0.3 is 0 Å². The molecule has 2 saturated carbocycles. The average Bonchev–Trinajstić information content (AvgIpc) is 3.31. The van der Waals surface area contributed by atoms with E-state index < -0.39 is 0 Å². The average molecular weight is 410 g/mol. The quantitative estimate of drug-likeness (QED) is 0.794. The van der Waals surface area contributed by atoms with Crippen LogP contribution in [0.3, 0.4) is 0 Å². The second kappa shape index (κ2) is 8.02. The largest absolute Gasteiger partial charge is 0.376 e. The van der Waals surface area contributed by atoms with Gasteiger partial charge in [-0.2, -0.15) is 5.10 Å². The highest BCUT2D eigenvalue weighted by Crippen LogP contribution is 2.40. The molecule has 2 aliphatic carbocycles. The molecule has 3 heterocycles. The van der Waals surface area contributed by atoms with Crippen LogP contribution < -0.4 is 10.2 Å². The third-order valence-electron chi connectivity index (χ3n) is 6.86. The number of rotatable bonds is 6. The van der Waals surface area contributed by atoms with Crippen LogP contribution in [0.2, 0.25) is 0 Å². The first-order valence-corrected chi connectivity index (χ1v) is 11.1. The fourth-order valence-electron chi connectivity index (χ4n) is 4.92. The zero-order chi connectivity index (χ0) is 20.7. The summed E-state index contributed by atoms with van der Waals surface area (Å²) < 4.78 is 8.02. The Morgan fingerprint density at radius 2 is 2.00 bits per heavy atom. The van der Waals surface area contributed by atoms with Crippen LogP contribution >= 0.6 is 0 Å². The second-order valence-corrected chi connectivity index (χ2v) is 9.39. The first kappa shape index (κ1) is 19.5. The number of hydrogen-bond acceptors (Lipinski definition) is 5. The first-order valence-electron chi connectivity index (χ1n) is 11.1. The van der Waals surface area contributed by atoms with Crippen molar-refractivity contribution < 1.29 is 9.53 Å². The maximum atomic E-state index is 12.8. The lowest BCUT2D eigenvalue weighted by atomic mass is 9.77. The summed E-state index contributed by atoms with van der Waals surface area (Å²) in [5.74, 6) is 2.86. The van der Waals surface area contributed by atoms with Crippen molar-refractivity contribution in [2.24, 2.45) is 24.8 Å². The molecule has 1 amide bonds. The molecule has 2 aromatic rings. The molecular weight excluding hydrogens is 378 g/mol. The van der Waals surface area contributed by atoms with Gasteiger partial charge in [0.05, 0.1) is 23.9 Å². The number of carbonyl (C=O) groups is 1. The zero-order valence-corrected chi connectivity index (χ0v) is 17.8. The summed E-state index contributed by atoms with van der Waals surface area (Å²) in [6.45, 7) is 4.91. The fraction of sp³-hybridized carbons (Fsp3) is 0.609. The smallest absolute Gasteiger partial charge is 0.254 e. The van der Waals surface area contributed by atoms with Gasteiger partial charge < -0.3 is 15.0 Å². The van der Waals surface area contributed by atoms with E-state index in [2.05, 4.69) is 39.4 Å². The number of carbonyl (C=O) groups excluding carboxylic acids is 1. The molecule has 0 aromatic carbocycles. The van der Waals surface area contributed by atoms with Crippen LogP contribution in [0, 0.1) is 24.7 Å². The highest BCUT2D eigenvalue weighted by atomic mass is 16.5. The molecule has 7 heteroatoms. The van der Waals surface area contributed by atoms with E-state index >= 15 is 0 Å². The molecule has 4 atom stereocenters. The van der Waals surface area contributed by atoms with Gasteiger partial charge in [0, 0.05) is 39.1 Å². The molecule has 3 fully saturated rings. The Bertz CT molecular complexity index is 891. The lowest BCUT2D eigenvalue weighted by molar-refractivity contribution is -0.0211. The molecule has 2 aromatic heterocycles. The monoisotopic (exact) mass is 409 g/mol. The number of pyridine rings is 1. The maximum Gasteiger partial charge on any atom is 0.254 e. The van der Waals surface area contributed by atoms with Crippen molar-refractivity contribution >= 4 is 11.7 Å². The van der Waals surface area contributed by atoms with Crippen molar-refractivity contribution in [2.45, 2.75) is 44.8 Å². The van der Waals surface area contributed by atoms with Crippen molar-refractivity contribution in [2.75, 3.05) is 24.6 Å². The van der Waals surface area contributed by atoms with Crippen molar-refractivity contribution in [3.8, 4) is 0 Å². The van der Waals surface area contributed by atoms with Crippen molar-refractivity contribution in [3.05, 3.63) is 41.9 Å². The molecule has 0 bridgehead atoms. The van der Waals surface area contributed by atoms with E-state index in [1.165, 1.54) is 18.4 Å². The molecule has 0 spiro atoms. The van der Waals surface area contributed by atoms with E-state index in [9.17, 15) is 4.79 Å². The van der Waals surface area contributed by atoms with E-state index in [4.69, 9.17) is 4.74 Å². The summed E-state index contributed by atoms with van der Waals surface area (Å²) in [6.07, 6.45) is 9.92. The molecule has 5 rings (SSSR count). The molecule has 1 N–H and O–H groups in total. The predicted octanol–water partition coefficient (Wildman–Crippen LogP) is 2.56. The van der Waals surface area contributed by atoms with Gasteiger partial charge in [-0.15, -0.1) is 0 Å². The molecule has 3 aliphatic rings. The second-order valence-electron chi connectivity index (χ2n) is 9.39. The molecule has 30 heavy (non-hydrogen) atoms. The van der Waals surface area contributed by atoms with Gasteiger partial charge in [-0.1, -0.05) is 6.07 Å². The Labute approximate surface area is 177 Å². The number of amides is 1. The number of hydrogen-bond donors (Lipinski definition) is 1. The number of fused-ring (bicyclic) bond motifs is 1. The maximum absolute atomic E-state index is 12.8. The summed E-state index contributed by atoms with van der Waals surface area (Å²) >= 11 is 0. The number of anilines is 1. The van der Waals surface area contributed by atoms with E-state index in [-0.39, 0.29) is 18.1 Å². The topological polar surface area (TPSA) is 72.3 Å². The van der Waals surface area contributed by atoms with Crippen LogP contribution in [0.4, 0.5) is 5.82 Å². The van der Waals surface area contributed by atoms with Crippen molar-refractivity contribution in [1.82, 2.24) is 20.1 Å². The summed E-state index contributed by atoms with van der Waals surface area (Å²) in [7, 11) is 1.83. The van der Waals surface area contributed by atoms with Gasteiger partial charge in [0.1, 0.15) is 5.82 Å². The number of nitrogens with one attached hydrogen (secondary N) is 1. The standard InChI is InChI=1S/C23H31N5O2/c1-15-3-6-22(24-9-15)28-12-17-7-20(26-23(29)19-10-25-27(2)11-19)21(8-18(17)13-28)30-14-16-4-5-16/h3,6,9-11,16-18,20-21H,4-5,7-8,12-14H2,1-2H3,(H,26,29)/t17-,18+,20-,21-/m0/s1. The molecule has 7 nitrogen and oxygen atoms in total. The molecule has 160 valence electrons. The Kier molecular flexibility index (Phi) is 5.23. The number of nitrogens with zero attached hydrogens (tertiary/aromatic N) is 4. The minimum atomic E-state index is -0.0540. The van der Waals surface area contributed by atoms with Crippen LogP contribution in [0.5, 0.6) is 0 Å². The summed E-state index contributed by atoms with van der Waals surface area (Å²) in [6, 6.07) is 4.29. The van der Waals surface area contributed by atoms with Gasteiger partial charge in [-0.25, -0.2) is 4.98 Å². The summed E-state index contributed by atoms with van der Waals surface area (Å²) in [5, 5.41) is 7.40. The van der Waals surface area contributed by atoms with Crippen LogP contribution in [0.25, 0.3) is 0 Å². The molecule has 1 aliphatic heterocycles. The van der Waals surface area contributed by atoms with Crippen molar-refractivity contribution in [1.29, 1.82) is 0 Å². The van der Waals surface area contributed by atoms with E-state index in [1.807, 2.05) is 13.2 Å². The van der Waals surface area contributed by atoms with E-state index in [0.29, 0.717) is 23.3 Å². The van der Waals surface area contributed by atoms with Gasteiger partial charge in [0.15, 0.2) is 0 Å². The highest BCUT2D eigenvalue weighted by Gasteiger charge is 2.44.